The van der Waals surface area contributed by atoms with E-state index in [4.69, 9.17) is 0 Å². The van der Waals surface area contributed by atoms with Crippen LogP contribution in [0.1, 0.15) is 17.2 Å². The Morgan fingerprint density at radius 1 is 1.25 bits per heavy atom. The van der Waals surface area contributed by atoms with Crippen molar-refractivity contribution in [2.45, 2.75) is 12.8 Å². The minimum Gasteiger partial charge on any atom is -0.315 e. The van der Waals surface area contributed by atoms with E-state index < -0.39 is 0 Å². The monoisotopic (exact) mass is 230 g/mol. The third-order valence-electron chi connectivity index (χ3n) is 3.03. The van der Waals surface area contributed by atoms with Gasteiger partial charge in [-0.05, 0) is 12.5 Å². The molecule has 0 aliphatic carbocycles. The fourth-order valence-corrected chi connectivity index (χ4v) is 2.71. The standard InChI is InChI=1S/C13H14N2S/c1-9-8-16-13(15-9)11-4-2-10(3-5-11)12-6-14-7-12/h2-5,8,12,14H,6-7H2,1H3. The third kappa shape index (κ3) is 1.77. The summed E-state index contributed by atoms with van der Waals surface area (Å²) in [4.78, 5) is 4.50. The maximum Gasteiger partial charge on any atom is 0.123 e. The summed E-state index contributed by atoms with van der Waals surface area (Å²) in [6.45, 7) is 4.28. The number of benzene rings is 1. The lowest BCUT2D eigenvalue weighted by atomic mass is 9.93. The van der Waals surface area contributed by atoms with Crippen molar-refractivity contribution >= 4 is 11.3 Å². The van der Waals surface area contributed by atoms with Crippen LogP contribution in [0.5, 0.6) is 0 Å². The molecule has 1 aromatic carbocycles. The maximum atomic E-state index is 4.50. The average Bonchev–Trinajstić information content (AvgIpc) is 2.63. The van der Waals surface area contributed by atoms with Crippen molar-refractivity contribution in [3.8, 4) is 10.6 Å². The van der Waals surface area contributed by atoms with Crippen molar-refractivity contribution in [1.82, 2.24) is 10.3 Å². The van der Waals surface area contributed by atoms with Crippen LogP contribution in [0.2, 0.25) is 0 Å². The smallest absolute Gasteiger partial charge is 0.123 e. The number of rotatable bonds is 2. The maximum absolute atomic E-state index is 4.50. The molecule has 0 amide bonds. The van der Waals surface area contributed by atoms with Crippen LogP contribution in [0, 0.1) is 6.92 Å². The molecule has 2 nitrogen and oxygen atoms in total. The molecular weight excluding hydrogens is 216 g/mol. The third-order valence-corrected chi connectivity index (χ3v) is 4.04. The first kappa shape index (κ1) is 10.00. The van der Waals surface area contributed by atoms with Gasteiger partial charge in [-0.2, -0.15) is 0 Å². The Balaban J connectivity index is 1.86. The predicted molar refractivity (Wildman–Crippen MR) is 67.9 cm³/mol. The van der Waals surface area contributed by atoms with Crippen LogP contribution in [-0.2, 0) is 0 Å². The zero-order chi connectivity index (χ0) is 11.0. The largest absolute Gasteiger partial charge is 0.315 e. The van der Waals surface area contributed by atoms with Crippen LogP contribution in [0.15, 0.2) is 29.6 Å². The van der Waals surface area contributed by atoms with Gasteiger partial charge in [0.05, 0.1) is 0 Å². The van der Waals surface area contributed by atoms with Crippen LogP contribution in [-0.4, -0.2) is 18.1 Å². The molecule has 0 radical (unpaired) electrons. The van der Waals surface area contributed by atoms with E-state index in [1.165, 1.54) is 11.1 Å². The summed E-state index contributed by atoms with van der Waals surface area (Å²) < 4.78 is 0. The number of nitrogens with zero attached hydrogens (tertiary/aromatic N) is 1. The van der Waals surface area contributed by atoms with Crippen molar-refractivity contribution in [2.24, 2.45) is 0 Å². The Morgan fingerprint density at radius 2 is 2.00 bits per heavy atom. The van der Waals surface area contributed by atoms with Crippen LogP contribution in [0.25, 0.3) is 10.6 Å². The van der Waals surface area contributed by atoms with E-state index >= 15 is 0 Å². The number of hydrogen-bond acceptors (Lipinski definition) is 3. The number of thiazole rings is 1. The van der Waals surface area contributed by atoms with E-state index in [2.05, 4.69) is 39.9 Å². The number of nitrogens with one attached hydrogen (secondary N) is 1. The van der Waals surface area contributed by atoms with E-state index in [0.29, 0.717) is 5.92 Å². The molecule has 1 aromatic heterocycles. The quantitative estimate of drug-likeness (QED) is 0.858. The summed E-state index contributed by atoms with van der Waals surface area (Å²) in [6, 6.07) is 8.84. The second-order valence-corrected chi connectivity index (χ2v) is 5.13. The first-order chi connectivity index (χ1) is 7.83. The van der Waals surface area contributed by atoms with Gasteiger partial charge < -0.3 is 5.32 Å². The topological polar surface area (TPSA) is 24.9 Å². The van der Waals surface area contributed by atoms with Crippen molar-refractivity contribution in [2.75, 3.05) is 13.1 Å². The fraction of sp³-hybridized carbons (Fsp3) is 0.308. The van der Waals surface area contributed by atoms with E-state index in [1.54, 1.807) is 11.3 Å². The SMILES string of the molecule is Cc1csc(-c2ccc(C3CNC3)cc2)n1. The molecule has 3 heteroatoms. The minimum atomic E-state index is 0.715. The van der Waals surface area contributed by atoms with Gasteiger partial charge in [0.2, 0.25) is 0 Å². The van der Waals surface area contributed by atoms with Crippen molar-refractivity contribution in [3.63, 3.8) is 0 Å². The molecule has 1 fully saturated rings. The van der Waals surface area contributed by atoms with E-state index in [0.717, 1.165) is 23.8 Å². The van der Waals surface area contributed by atoms with Gasteiger partial charge in [-0.15, -0.1) is 11.3 Å². The normalized spacial score (nSPS) is 16.1. The number of aromatic nitrogens is 1. The molecule has 2 aromatic rings. The molecule has 0 unspecified atom stereocenters. The Labute approximate surface area is 99.4 Å². The number of hydrogen-bond donors (Lipinski definition) is 1. The van der Waals surface area contributed by atoms with Crippen LogP contribution >= 0.6 is 11.3 Å². The Hall–Kier alpha value is -1.19. The van der Waals surface area contributed by atoms with Crippen LogP contribution < -0.4 is 5.32 Å². The van der Waals surface area contributed by atoms with Crippen LogP contribution in [0.3, 0.4) is 0 Å². The van der Waals surface area contributed by atoms with Gasteiger partial charge in [-0.1, -0.05) is 24.3 Å². The van der Waals surface area contributed by atoms with E-state index in [1.807, 2.05) is 6.92 Å². The van der Waals surface area contributed by atoms with Gasteiger partial charge in [0, 0.05) is 35.6 Å². The Kier molecular flexibility index (Phi) is 2.50. The molecule has 0 bridgehead atoms. The summed E-state index contributed by atoms with van der Waals surface area (Å²) in [5.41, 5.74) is 3.78. The van der Waals surface area contributed by atoms with Gasteiger partial charge in [0.1, 0.15) is 5.01 Å². The minimum absolute atomic E-state index is 0.715. The molecule has 0 saturated carbocycles. The highest BCUT2D eigenvalue weighted by Gasteiger charge is 2.18. The average molecular weight is 230 g/mol. The molecule has 82 valence electrons. The second-order valence-electron chi connectivity index (χ2n) is 4.27. The summed E-state index contributed by atoms with van der Waals surface area (Å²) in [7, 11) is 0. The molecule has 1 aliphatic rings. The highest BCUT2D eigenvalue weighted by molar-refractivity contribution is 7.13. The van der Waals surface area contributed by atoms with Gasteiger partial charge in [0.15, 0.2) is 0 Å². The lowest BCUT2D eigenvalue weighted by molar-refractivity contribution is 0.448. The first-order valence-electron chi connectivity index (χ1n) is 5.56. The van der Waals surface area contributed by atoms with Crippen molar-refractivity contribution in [1.29, 1.82) is 0 Å². The van der Waals surface area contributed by atoms with Gasteiger partial charge in [-0.25, -0.2) is 4.98 Å². The van der Waals surface area contributed by atoms with E-state index in [9.17, 15) is 0 Å². The zero-order valence-electron chi connectivity index (χ0n) is 9.23. The summed E-state index contributed by atoms with van der Waals surface area (Å²) >= 11 is 1.71. The fourth-order valence-electron chi connectivity index (χ4n) is 1.91. The van der Waals surface area contributed by atoms with Crippen molar-refractivity contribution < 1.29 is 0 Å². The van der Waals surface area contributed by atoms with Crippen molar-refractivity contribution in [3.05, 3.63) is 40.9 Å². The van der Waals surface area contributed by atoms with Gasteiger partial charge >= 0.3 is 0 Å². The molecule has 2 heterocycles. The molecule has 1 N–H and O–H groups in total. The number of aryl methyl sites for hydroxylation is 1. The van der Waals surface area contributed by atoms with Crippen LogP contribution in [0.4, 0.5) is 0 Å². The summed E-state index contributed by atoms with van der Waals surface area (Å²) in [6.07, 6.45) is 0. The predicted octanol–water partition coefficient (Wildman–Crippen LogP) is 2.81. The highest BCUT2D eigenvalue weighted by atomic mass is 32.1. The summed E-state index contributed by atoms with van der Waals surface area (Å²) in [5, 5.41) is 6.52. The highest BCUT2D eigenvalue weighted by Crippen LogP contribution is 2.26. The molecule has 1 saturated heterocycles. The molecule has 0 spiro atoms. The Morgan fingerprint density at radius 3 is 2.50 bits per heavy atom. The first-order valence-corrected chi connectivity index (χ1v) is 6.44. The lowest BCUT2D eigenvalue weighted by Crippen LogP contribution is -2.39. The second kappa shape index (κ2) is 4.00. The zero-order valence-corrected chi connectivity index (χ0v) is 10.1. The summed E-state index contributed by atoms with van der Waals surface area (Å²) in [5.74, 6) is 0.715. The van der Waals surface area contributed by atoms with Gasteiger partial charge in [0.25, 0.3) is 0 Å². The molecule has 3 rings (SSSR count). The molecular formula is C13H14N2S. The van der Waals surface area contributed by atoms with E-state index in [-0.39, 0.29) is 0 Å². The lowest BCUT2D eigenvalue weighted by Gasteiger charge is -2.27. The molecule has 0 atom stereocenters. The Bertz CT molecular complexity index is 483. The molecule has 16 heavy (non-hydrogen) atoms. The van der Waals surface area contributed by atoms with Gasteiger partial charge in [-0.3, -0.25) is 0 Å². The molecule has 1 aliphatic heterocycles.